The summed E-state index contributed by atoms with van der Waals surface area (Å²) in [7, 11) is 0. The van der Waals surface area contributed by atoms with Crippen molar-refractivity contribution in [1.29, 1.82) is 0 Å². The van der Waals surface area contributed by atoms with Gasteiger partial charge in [0.2, 0.25) is 0 Å². The lowest BCUT2D eigenvalue weighted by Crippen LogP contribution is -2.13. The van der Waals surface area contributed by atoms with Crippen molar-refractivity contribution in [3.63, 3.8) is 0 Å². The van der Waals surface area contributed by atoms with Gasteiger partial charge in [0.25, 0.3) is 0 Å². The van der Waals surface area contributed by atoms with Crippen LogP contribution in [0.4, 0.5) is 17.6 Å². The zero-order valence-electron chi connectivity index (χ0n) is 7.61. The van der Waals surface area contributed by atoms with Gasteiger partial charge in [0.05, 0.1) is 5.57 Å². The molecule has 0 nitrogen and oxygen atoms in total. The van der Waals surface area contributed by atoms with Gasteiger partial charge in [-0.2, -0.15) is 13.2 Å². The zero-order chi connectivity index (χ0) is 10.8. The third-order valence-corrected chi connectivity index (χ3v) is 1.93. The highest BCUT2D eigenvalue weighted by Crippen LogP contribution is 2.33. The van der Waals surface area contributed by atoms with E-state index in [0.29, 0.717) is 0 Å². The van der Waals surface area contributed by atoms with Crippen LogP contribution in [0.3, 0.4) is 0 Å². The fourth-order valence-electron chi connectivity index (χ4n) is 1.13. The molecule has 0 N–H and O–H groups in total. The van der Waals surface area contributed by atoms with E-state index in [1.165, 1.54) is 6.08 Å². The second-order valence-electron chi connectivity index (χ2n) is 3.23. The van der Waals surface area contributed by atoms with Crippen molar-refractivity contribution in [3.05, 3.63) is 35.7 Å². The Kier molecular flexibility index (Phi) is 3.13. The smallest absolute Gasteiger partial charge is 0.207 e. The molecule has 1 unspecified atom stereocenters. The minimum atomic E-state index is -4.62. The van der Waals surface area contributed by atoms with E-state index < -0.39 is 17.6 Å². The lowest BCUT2D eigenvalue weighted by Gasteiger charge is -2.11. The van der Waals surface area contributed by atoms with E-state index in [4.69, 9.17) is 0 Å². The normalized spacial score (nSPS) is 23.6. The predicted octanol–water partition coefficient (Wildman–Crippen LogP) is 3.92. The molecule has 0 fully saturated rings. The van der Waals surface area contributed by atoms with Gasteiger partial charge in [-0.3, -0.25) is 0 Å². The Balaban J connectivity index is 3.03. The molecule has 0 aliphatic heterocycles. The summed E-state index contributed by atoms with van der Waals surface area (Å²) in [6.07, 6.45) is 0.283. The molecular weight excluding hydrogens is 196 g/mol. The van der Waals surface area contributed by atoms with Crippen LogP contribution in [0.2, 0.25) is 0 Å². The number of rotatable bonds is 0. The molecule has 4 heteroatoms. The molecule has 14 heavy (non-hydrogen) atoms. The summed E-state index contributed by atoms with van der Waals surface area (Å²) in [5.74, 6) is -1.12. The maximum absolute atomic E-state index is 13.0. The van der Waals surface area contributed by atoms with Crippen LogP contribution in [-0.2, 0) is 0 Å². The average Bonchev–Trinajstić information content (AvgIpc) is 2.03. The fraction of sp³-hybridized carbons (Fsp3) is 0.400. The van der Waals surface area contributed by atoms with E-state index in [2.05, 4.69) is 0 Å². The number of hydrogen-bond donors (Lipinski definition) is 0. The van der Waals surface area contributed by atoms with Gasteiger partial charge in [0.15, 0.2) is 0 Å². The van der Waals surface area contributed by atoms with Crippen LogP contribution >= 0.6 is 0 Å². The van der Waals surface area contributed by atoms with Crippen molar-refractivity contribution in [3.8, 4) is 0 Å². The molecular formula is C10H10F4. The van der Waals surface area contributed by atoms with Crippen LogP contribution in [0.1, 0.15) is 13.3 Å². The lowest BCUT2D eigenvalue weighted by molar-refractivity contribution is -0.0911. The van der Waals surface area contributed by atoms with Crippen LogP contribution in [0.5, 0.6) is 0 Å². The lowest BCUT2D eigenvalue weighted by atomic mass is 10.0. The van der Waals surface area contributed by atoms with Gasteiger partial charge < -0.3 is 0 Å². The molecule has 0 radical (unpaired) electrons. The summed E-state index contributed by atoms with van der Waals surface area (Å²) in [6, 6.07) is 0. The first-order chi connectivity index (χ1) is 6.41. The van der Waals surface area contributed by atoms with Crippen molar-refractivity contribution in [2.24, 2.45) is 5.92 Å². The van der Waals surface area contributed by atoms with E-state index in [1.807, 2.05) is 6.92 Å². The number of halogens is 4. The summed E-state index contributed by atoms with van der Waals surface area (Å²) in [5, 5.41) is 0. The Morgan fingerprint density at radius 2 is 2.00 bits per heavy atom. The summed E-state index contributed by atoms with van der Waals surface area (Å²) >= 11 is 0. The molecule has 78 valence electrons. The van der Waals surface area contributed by atoms with Crippen LogP contribution in [-0.4, -0.2) is 6.18 Å². The molecule has 0 amide bonds. The fourth-order valence-corrected chi connectivity index (χ4v) is 1.13. The predicted molar refractivity (Wildman–Crippen MR) is 46.3 cm³/mol. The summed E-state index contributed by atoms with van der Waals surface area (Å²) < 4.78 is 49.7. The van der Waals surface area contributed by atoms with Gasteiger partial charge in [-0.05, 0) is 24.5 Å². The van der Waals surface area contributed by atoms with Gasteiger partial charge in [-0.25, -0.2) is 4.39 Å². The Morgan fingerprint density at radius 3 is 2.57 bits per heavy atom. The molecule has 1 rings (SSSR count). The Morgan fingerprint density at radius 1 is 1.36 bits per heavy atom. The van der Waals surface area contributed by atoms with E-state index in [9.17, 15) is 17.6 Å². The molecule has 0 aromatic rings. The Labute approximate surface area is 79.6 Å². The second-order valence-corrected chi connectivity index (χ2v) is 3.23. The largest absolute Gasteiger partial charge is 0.419 e. The molecule has 1 atom stereocenters. The minimum Gasteiger partial charge on any atom is -0.207 e. The van der Waals surface area contributed by atoms with Gasteiger partial charge in [0.1, 0.15) is 5.83 Å². The molecule has 1 aliphatic rings. The molecule has 1 aliphatic carbocycles. The van der Waals surface area contributed by atoms with E-state index in [1.54, 1.807) is 6.08 Å². The quantitative estimate of drug-likeness (QED) is 0.527. The standard InChI is InChI=1S/C10H10F4/c1-7-3-2-4-8(10(12,13)14)9(11)6-5-7/h2-4,6-7H,5H2,1H3. The average molecular weight is 206 g/mol. The first-order valence-corrected chi connectivity index (χ1v) is 4.23. The van der Waals surface area contributed by atoms with Crippen LogP contribution in [0, 0.1) is 5.92 Å². The van der Waals surface area contributed by atoms with Crippen molar-refractivity contribution in [2.75, 3.05) is 0 Å². The molecule has 0 bridgehead atoms. The number of hydrogen-bond acceptors (Lipinski definition) is 0. The summed E-state index contributed by atoms with van der Waals surface area (Å²) in [5.41, 5.74) is -1.21. The molecule has 0 aromatic carbocycles. The van der Waals surface area contributed by atoms with Gasteiger partial charge in [-0.15, -0.1) is 0 Å². The van der Waals surface area contributed by atoms with Crippen LogP contribution in [0.15, 0.2) is 35.7 Å². The van der Waals surface area contributed by atoms with Crippen molar-refractivity contribution in [2.45, 2.75) is 19.5 Å². The summed E-state index contributed by atoms with van der Waals surface area (Å²) in [4.78, 5) is 0. The highest BCUT2D eigenvalue weighted by molar-refractivity contribution is 5.34. The molecule has 0 heterocycles. The van der Waals surface area contributed by atoms with Crippen molar-refractivity contribution >= 4 is 0 Å². The zero-order valence-corrected chi connectivity index (χ0v) is 7.61. The first-order valence-electron chi connectivity index (χ1n) is 4.23. The first kappa shape index (κ1) is 11.0. The highest BCUT2D eigenvalue weighted by atomic mass is 19.4. The maximum Gasteiger partial charge on any atom is 0.419 e. The van der Waals surface area contributed by atoms with Crippen molar-refractivity contribution in [1.82, 2.24) is 0 Å². The second kappa shape index (κ2) is 3.98. The summed E-state index contributed by atoms with van der Waals surface area (Å²) in [6.45, 7) is 1.81. The molecule has 0 spiro atoms. The monoisotopic (exact) mass is 206 g/mol. The number of alkyl halides is 3. The molecule has 0 saturated heterocycles. The van der Waals surface area contributed by atoms with Gasteiger partial charge in [0, 0.05) is 0 Å². The van der Waals surface area contributed by atoms with Crippen LogP contribution in [0.25, 0.3) is 0 Å². The van der Waals surface area contributed by atoms with Gasteiger partial charge >= 0.3 is 6.18 Å². The Hall–Kier alpha value is -1.06. The highest BCUT2D eigenvalue weighted by Gasteiger charge is 2.36. The van der Waals surface area contributed by atoms with Crippen molar-refractivity contribution < 1.29 is 17.6 Å². The van der Waals surface area contributed by atoms with E-state index in [0.717, 1.165) is 12.2 Å². The van der Waals surface area contributed by atoms with Crippen LogP contribution < -0.4 is 0 Å². The third-order valence-electron chi connectivity index (χ3n) is 1.93. The molecule has 0 saturated carbocycles. The minimum absolute atomic E-state index is 0.0618. The topological polar surface area (TPSA) is 0 Å². The SMILES string of the molecule is CC1C=CC=C(C(F)(F)F)C(F)=CC1. The van der Waals surface area contributed by atoms with Gasteiger partial charge in [-0.1, -0.05) is 19.1 Å². The maximum atomic E-state index is 13.0. The van der Waals surface area contributed by atoms with E-state index >= 15 is 0 Å². The third kappa shape index (κ3) is 2.72. The molecule has 0 aromatic heterocycles. The van der Waals surface area contributed by atoms with E-state index in [-0.39, 0.29) is 12.3 Å². The Bertz CT molecular complexity index is 294. The number of allylic oxidation sites excluding steroid dienone is 6.